The van der Waals surface area contributed by atoms with Gasteiger partial charge in [-0.3, -0.25) is 0 Å². The minimum absolute atomic E-state index is 0.212. The summed E-state index contributed by atoms with van der Waals surface area (Å²) >= 11 is 0. The predicted molar refractivity (Wildman–Crippen MR) is 81.8 cm³/mol. The smallest absolute Gasteiger partial charge is 0.0665 e. The molecule has 0 heterocycles. The van der Waals surface area contributed by atoms with Crippen LogP contribution in [0, 0.1) is 5.41 Å². The van der Waals surface area contributed by atoms with Crippen LogP contribution in [0.4, 0.5) is 5.69 Å². The van der Waals surface area contributed by atoms with E-state index >= 15 is 0 Å². The first-order chi connectivity index (χ1) is 8.95. The Morgan fingerprint density at radius 1 is 1.37 bits per heavy atom. The van der Waals surface area contributed by atoms with Crippen LogP contribution in [0.25, 0.3) is 0 Å². The van der Waals surface area contributed by atoms with Crippen LogP contribution >= 0.6 is 0 Å². The van der Waals surface area contributed by atoms with Crippen LogP contribution in [0.3, 0.4) is 0 Å². The van der Waals surface area contributed by atoms with E-state index in [2.05, 4.69) is 64.2 Å². The Hall–Kier alpha value is -1.02. The molecule has 106 valence electrons. The van der Waals surface area contributed by atoms with Crippen LogP contribution in [0.15, 0.2) is 24.3 Å². The predicted octanol–water partition coefficient (Wildman–Crippen LogP) is 4.43. The second-order valence-corrected chi connectivity index (χ2v) is 6.48. The highest BCUT2D eigenvalue weighted by molar-refractivity contribution is 5.48. The SMILES string of the molecule is CCOC1CC(Nc2cccc(C(C)C)c2)C1(C)C. The zero-order valence-corrected chi connectivity index (χ0v) is 12.9. The molecule has 0 aromatic heterocycles. The molecule has 0 radical (unpaired) electrons. The van der Waals surface area contributed by atoms with E-state index in [1.54, 1.807) is 0 Å². The van der Waals surface area contributed by atoms with E-state index in [0.29, 0.717) is 18.1 Å². The van der Waals surface area contributed by atoms with E-state index in [0.717, 1.165) is 13.0 Å². The molecule has 1 N–H and O–H groups in total. The Balaban J connectivity index is 2.01. The molecule has 1 fully saturated rings. The molecule has 2 atom stereocenters. The molecular formula is C17H27NO. The van der Waals surface area contributed by atoms with Crippen LogP contribution in [0.1, 0.15) is 52.5 Å². The molecule has 19 heavy (non-hydrogen) atoms. The van der Waals surface area contributed by atoms with Gasteiger partial charge in [0.05, 0.1) is 6.10 Å². The van der Waals surface area contributed by atoms with Gasteiger partial charge in [-0.15, -0.1) is 0 Å². The van der Waals surface area contributed by atoms with Gasteiger partial charge < -0.3 is 10.1 Å². The summed E-state index contributed by atoms with van der Waals surface area (Å²) in [7, 11) is 0. The molecule has 0 bridgehead atoms. The van der Waals surface area contributed by atoms with Crippen molar-refractivity contribution >= 4 is 5.69 Å². The highest BCUT2D eigenvalue weighted by Gasteiger charge is 2.48. The minimum atomic E-state index is 0.212. The minimum Gasteiger partial charge on any atom is -0.382 e. The second kappa shape index (κ2) is 5.54. The molecule has 2 nitrogen and oxygen atoms in total. The summed E-state index contributed by atoms with van der Waals surface area (Å²) in [6, 6.07) is 9.28. The molecule has 0 amide bonds. The second-order valence-electron chi connectivity index (χ2n) is 6.48. The van der Waals surface area contributed by atoms with Crippen LogP contribution in [0.5, 0.6) is 0 Å². The lowest BCUT2D eigenvalue weighted by atomic mass is 9.64. The molecule has 0 saturated heterocycles. The van der Waals surface area contributed by atoms with Crippen LogP contribution in [0.2, 0.25) is 0 Å². The number of hydrogen-bond acceptors (Lipinski definition) is 2. The lowest BCUT2D eigenvalue weighted by molar-refractivity contribution is -0.0975. The Morgan fingerprint density at radius 2 is 2.11 bits per heavy atom. The maximum absolute atomic E-state index is 5.78. The lowest BCUT2D eigenvalue weighted by Crippen LogP contribution is -2.58. The van der Waals surface area contributed by atoms with Crippen molar-refractivity contribution in [1.29, 1.82) is 0 Å². The molecule has 1 aliphatic carbocycles. The molecule has 1 aromatic carbocycles. The van der Waals surface area contributed by atoms with Gasteiger partial charge in [-0.2, -0.15) is 0 Å². The van der Waals surface area contributed by atoms with Crippen LogP contribution in [-0.4, -0.2) is 18.8 Å². The van der Waals surface area contributed by atoms with Crippen LogP contribution < -0.4 is 5.32 Å². The van der Waals surface area contributed by atoms with E-state index in [-0.39, 0.29) is 5.41 Å². The fourth-order valence-electron chi connectivity index (χ4n) is 2.80. The van der Waals surface area contributed by atoms with Crippen molar-refractivity contribution in [2.75, 3.05) is 11.9 Å². The van der Waals surface area contributed by atoms with E-state index in [9.17, 15) is 0 Å². The van der Waals surface area contributed by atoms with Crippen molar-refractivity contribution in [3.05, 3.63) is 29.8 Å². The largest absolute Gasteiger partial charge is 0.382 e. The molecule has 2 rings (SSSR count). The van der Waals surface area contributed by atoms with Gasteiger partial charge in [0.1, 0.15) is 0 Å². The molecule has 0 aliphatic heterocycles. The summed E-state index contributed by atoms with van der Waals surface area (Å²) in [5.41, 5.74) is 2.84. The molecule has 1 saturated carbocycles. The molecule has 1 aromatic rings. The molecular weight excluding hydrogens is 234 g/mol. The number of benzene rings is 1. The number of nitrogens with one attached hydrogen (secondary N) is 1. The van der Waals surface area contributed by atoms with E-state index in [4.69, 9.17) is 4.74 Å². The average Bonchev–Trinajstić information content (AvgIpc) is 2.38. The zero-order chi connectivity index (χ0) is 14.0. The highest BCUT2D eigenvalue weighted by Crippen LogP contribution is 2.44. The van der Waals surface area contributed by atoms with Gasteiger partial charge in [0, 0.05) is 23.8 Å². The van der Waals surface area contributed by atoms with Gasteiger partial charge in [-0.05, 0) is 37.0 Å². The monoisotopic (exact) mass is 261 g/mol. The quantitative estimate of drug-likeness (QED) is 0.847. The summed E-state index contributed by atoms with van der Waals surface area (Å²) < 4.78 is 5.78. The molecule has 2 heteroatoms. The summed E-state index contributed by atoms with van der Waals surface area (Å²) in [4.78, 5) is 0. The molecule has 1 aliphatic rings. The third-order valence-electron chi connectivity index (χ3n) is 4.44. The summed E-state index contributed by atoms with van der Waals surface area (Å²) in [6.07, 6.45) is 1.50. The van der Waals surface area contributed by atoms with Crippen molar-refractivity contribution in [2.24, 2.45) is 5.41 Å². The maximum Gasteiger partial charge on any atom is 0.0665 e. The zero-order valence-electron chi connectivity index (χ0n) is 12.9. The van der Waals surface area contributed by atoms with E-state index in [1.807, 2.05) is 0 Å². The first kappa shape index (κ1) is 14.4. The van der Waals surface area contributed by atoms with Crippen molar-refractivity contribution in [2.45, 2.75) is 59.1 Å². The lowest BCUT2D eigenvalue weighted by Gasteiger charge is -2.52. The Morgan fingerprint density at radius 3 is 2.68 bits per heavy atom. The summed E-state index contributed by atoms with van der Waals surface area (Å²) in [5.74, 6) is 0.576. The van der Waals surface area contributed by atoms with Gasteiger partial charge in [-0.25, -0.2) is 0 Å². The van der Waals surface area contributed by atoms with Gasteiger partial charge in [0.25, 0.3) is 0 Å². The van der Waals surface area contributed by atoms with Gasteiger partial charge in [0.15, 0.2) is 0 Å². The van der Waals surface area contributed by atoms with Crippen molar-refractivity contribution in [3.8, 4) is 0 Å². The summed E-state index contributed by atoms with van der Waals surface area (Å²) in [5, 5.41) is 3.67. The van der Waals surface area contributed by atoms with Gasteiger partial charge >= 0.3 is 0 Å². The van der Waals surface area contributed by atoms with Crippen LogP contribution in [-0.2, 0) is 4.74 Å². The molecule has 2 unspecified atom stereocenters. The first-order valence-corrected chi connectivity index (χ1v) is 7.43. The normalized spacial score (nSPS) is 25.2. The highest BCUT2D eigenvalue weighted by atomic mass is 16.5. The fraction of sp³-hybridized carbons (Fsp3) is 0.647. The van der Waals surface area contributed by atoms with Crippen molar-refractivity contribution in [1.82, 2.24) is 0 Å². The Bertz CT molecular complexity index is 425. The average molecular weight is 261 g/mol. The molecule has 0 spiro atoms. The van der Waals surface area contributed by atoms with Gasteiger partial charge in [-0.1, -0.05) is 39.8 Å². The standard InChI is InChI=1S/C17H27NO/c1-6-19-16-11-15(17(16,4)5)18-14-9-7-8-13(10-14)12(2)3/h7-10,12,15-16,18H,6,11H2,1-5H3. The number of rotatable bonds is 5. The Kier molecular flexibility index (Phi) is 4.19. The third-order valence-corrected chi connectivity index (χ3v) is 4.44. The van der Waals surface area contributed by atoms with Gasteiger partial charge in [0.2, 0.25) is 0 Å². The van der Waals surface area contributed by atoms with Crippen molar-refractivity contribution in [3.63, 3.8) is 0 Å². The summed E-state index contributed by atoms with van der Waals surface area (Å²) in [6.45, 7) is 11.9. The number of ether oxygens (including phenoxy) is 1. The Labute approximate surface area is 117 Å². The van der Waals surface area contributed by atoms with Crippen molar-refractivity contribution < 1.29 is 4.74 Å². The maximum atomic E-state index is 5.78. The van der Waals surface area contributed by atoms with E-state index in [1.165, 1.54) is 11.3 Å². The first-order valence-electron chi connectivity index (χ1n) is 7.43. The number of hydrogen-bond donors (Lipinski definition) is 1. The van der Waals surface area contributed by atoms with E-state index < -0.39 is 0 Å². The number of anilines is 1. The topological polar surface area (TPSA) is 21.3 Å². The third kappa shape index (κ3) is 2.94. The fourth-order valence-corrected chi connectivity index (χ4v) is 2.80.